The highest BCUT2D eigenvalue weighted by Gasteiger charge is 2.12. The van der Waals surface area contributed by atoms with Gasteiger partial charge in [0.15, 0.2) is 0 Å². The second kappa shape index (κ2) is 9.32. The third kappa shape index (κ3) is 5.29. The average molecular weight is 397 g/mol. The largest absolute Gasteiger partial charge is 0.326 e. The van der Waals surface area contributed by atoms with Crippen molar-refractivity contribution in [2.24, 2.45) is 0 Å². The number of aryl methyl sites for hydroxylation is 1. The molecule has 0 aliphatic heterocycles. The van der Waals surface area contributed by atoms with E-state index in [1.165, 1.54) is 4.88 Å². The number of anilines is 2. The number of benzene rings is 1. The van der Waals surface area contributed by atoms with Crippen LogP contribution in [-0.4, -0.2) is 21.6 Å². The highest BCUT2D eigenvalue weighted by Crippen LogP contribution is 2.17. The monoisotopic (exact) mass is 396 g/mol. The molecular weight excluding hydrogens is 372 g/mol. The van der Waals surface area contributed by atoms with Gasteiger partial charge in [0.05, 0.1) is 6.20 Å². The van der Waals surface area contributed by atoms with Gasteiger partial charge in [-0.15, -0.1) is 11.3 Å². The van der Waals surface area contributed by atoms with Gasteiger partial charge in [-0.2, -0.15) is 5.10 Å². The van der Waals surface area contributed by atoms with Crippen molar-refractivity contribution < 1.29 is 9.59 Å². The summed E-state index contributed by atoms with van der Waals surface area (Å²) in [6, 6.07) is 12.9. The Morgan fingerprint density at radius 2 is 2.00 bits per heavy atom. The fraction of sp³-hybridized carbons (Fsp3) is 0.286. The molecule has 7 heteroatoms. The molecule has 2 heterocycles. The Hall–Kier alpha value is -2.93. The van der Waals surface area contributed by atoms with E-state index >= 15 is 0 Å². The predicted octanol–water partition coefficient (Wildman–Crippen LogP) is 4.74. The molecule has 3 aromatic rings. The van der Waals surface area contributed by atoms with E-state index < -0.39 is 0 Å². The van der Waals surface area contributed by atoms with Crippen LogP contribution in [0.4, 0.5) is 11.5 Å². The maximum atomic E-state index is 12.6. The molecule has 0 spiro atoms. The standard InChI is InChI=1S/C21H24N4O2S/c1-15(2)25-19(11-12-22-25)24-21(27)16-6-3-7-17(14-16)23-20(26)10-4-8-18-9-5-13-28-18/h3,5-7,9,11-15H,4,8,10H2,1-2H3,(H,23,26)(H,24,27). The highest BCUT2D eigenvalue weighted by atomic mass is 32.1. The maximum absolute atomic E-state index is 12.6. The van der Waals surface area contributed by atoms with Crippen molar-refractivity contribution in [1.82, 2.24) is 9.78 Å². The predicted molar refractivity (Wildman–Crippen MR) is 113 cm³/mol. The van der Waals surface area contributed by atoms with Crippen molar-refractivity contribution >= 4 is 34.7 Å². The minimum absolute atomic E-state index is 0.0491. The van der Waals surface area contributed by atoms with Crippen molar-refractivity contribution in [3.63, 3.8) is 0 Å². The first-order valence-corrected chi connectivity index (χ1v) is 10.2. The summed E-state index contributed by atoms with van der Waals surface area (Å²) in [5.41, 5.74) is 1.10. The fourth-order valence-corrected chi connectivity index (χ4v) is 3.60. The number of amides is 2. The Labute approximate surface area is 168 Å². The molecule has 2 aromatic heterocycles. The third-order valence-corrected chi connectivity index (χ3v) is 5.15. The van der Waals surface area contributed by atoms with Gasteiger partial charge in [-0.25, -0.2) is 4.68 Å². The van der Waals surface area contributed by atoms with E-state index in [-0.39, 0.29) is 17.9 Å². The summed E-state index contributed by atoms with van der Waals surface area (Å²) in [5, 5.41) is 12.0. The summed E-state index contributed by atoms with van der Waals surface area (Å²) in [4.78, 5) is 26.0. The number of thiophene rings is 1. The number of hydrogen-bond donors (Lipinski definition) is 2. The first kappa shape index (κ1) is 19.8. The zero-order valence-electron chi connectivity index (χ0n) is 16.0. The number of rotatable bonds is 8. The van der Waals surface area contributed by atoms with E-state index in [0.717, 1.165) is 12.8 Å². The van der Waals surface area contributed by atoms with Crippen LogP contribution in [0.25, 0.3) is 0 Å². The summed E-state index contributed by atoms with van der Waals surface area (Å²) >= 11 is 1.71. The second-order valence-electron chi connectivity index (χ2n) is 6.77. The number of aromatic nitrogens is 2. The molecule has 6 nitrogen and oxygen atoms in total. The van der Waals surface area contributed by atoms with E-state index in [0.29, 0.717) is 23.5 Å². The van der Waals surface area contributed by atoms with Crippen LogP contribution in [-0.2, 0) is 11.2 Å². The molecule has 0 fully saturated rings. The zero-order valence-corrected chi connectivity index (χ0v) is 16.8. The van der Waals surface area contributed by atoms with Gasteiger partial charge in [-0.05, 0) is 56.3 Å². The smallest absolute Gasteiger partial charge is 0.256 e. The SMILES string of the molecule is CC(C)n1nccc1NC(=O)c1cccc(NC(=O)CCCc2cccs2)c1. The van der Waals surface area contributed by atoms with E-state index in [4.69, 9.17) is 0 Å². The number of carbonyl (C=O) groups is 2. The molecule has 0 unspecified atom stereocenters. The highest BCUT2D eigenvalue weighted by molar-refractivity contribution is 7.09. The van der Waals surface area contributed by atoms with Crippen molar-refractivity contribution in [3.05, 3.63) is 64.5 Å². The van der Waals surface area contributed by atoms with Crippen molar-refractivity contribution in [1.29, 1.82) is 0 Å². The lowest BCUT2D eigenvalue weighted by molar-refractivity contribution is -0.116. The molecule has 0 saturated carbocycles. The number of nitrogens with zero attached hydrogens (tertiary/aromatic N) is 2. The zero-order chi connectivity index (χ0) is 19.9. The fourth-order valence-electron chi connectivity index (χ4n) is 2.85. The number of nitrogens with one attached hydrogen (secondary N) is 2. The van der Waals surface area contributed by atoms with Gasteiger partial charge in [-0.3, -0.25) is 9.59 Å². The van der Waals surface area contributed by atoms with Crippen LogP contribution in [0.3, 0.4) is 0 Å². The van der Waals surface area contributed by atoms with Gasteiger partial charge in [0.1, 0.15) is 5.82 Å². The van der Waals surface area contributed by atoms with Crippen LogP contribution in [0, 0.1) is 0 Å². The molecule has 28 heavy (non-hydrogen) atoms. The summed E-state index contributed by atoms with van der Waals surface area (Å²) in [7, 11) is 0. The molecule has 0 bridgehead atoms. The van der Waals surface area contributed by atoms with Crippen LogP contribution in [0.15, 0.2) is 54.0 Å². The lowest BCUT2D eigenvalue weighted by atomic mass is 10.1. The molecule has 0 radical (unpaired) electrons. The maximum Gasteiger partial charge on any atom is 0.256 e. The molecule has 0 saturated heterocycles. The van der Waals surface area contributed by atoms with Gasteiger partial charge < -0.3 is 10.6 Å². The molecule has 2 N–H and O–H groups in total. The molecule has 3 rings (SSSR count). The molecule has 1 aromatic carbocycles. The second-order valence-corrected chi connectivity index (χ2v) is 7.80. The van der Waals surface area contributed by atoms with Crippen molar-refractivity contribution in [2.45, 2.75) is 39.2 Å². The van der Waals surface area contributed by atoms with E-state index in [2.05, 4.69) is 21.8 Å². The lowest BCUT2D eigenvalue weighted by Gasteiger charge is -2.12. The normalized spacial score (nSPS) is 10.8. The summed E-state index contributed by atoms with van der Waals surface area (Å²) in [6.07, 6.45) is 3.80. The summed E-state index contributed by atoms with van der Waals surface area (Å²) in [5.74, 6) is 0.353. The average Bonchev–Trinajstić information content (AvgIpc) is 3.34. The Morgan fingerprint density at radius 3 is 2.75 bits per heavy atom. The van der Waals surface area contributed by atoms with E-state index in [1.807, 2.05) is 25.3 Å². The minimum atomic E-state index is -0.240. The number of hydrogen-bond acceptors (Lipinski definition) is 4. The van der Waals surface area contributed by atoms with E-state index in [1.54, 1.807) is 52.5 Å². The quantitative estimate of drug-likeness (QED) is 0.577. The molecule has 146 valence electrons. The molecule has 0 atom stereocenters. The first-order chi connectivity index (χ1) is 13.5. The van der Waals surface area contributed by atoms with Crippen molar-refractivity contribution in [3.8, 4) is 0 Å². The van der Waals surface area contributed by atoms with Crippen LogP contribution in [0.1, 0.15) is 48.0 Å². The van der Waals surface area contributed by atoms with Crippen molar-refractivity contribution in [2.75, 3.05) is 10.6 Å². The van der Waals surface area contributed by atoms with Gasteiger partial charge in [0, 0.05) is 34.7 Å². The van der Waals surface area contributed by atoms with E-state index in [9.17, 15) is 9.59 Å². The van der Waals surface area contributed by atoms with Gasteiger partial charge in [0.25, 0.3) is 5.91 Å². The Balaban J connectivity index is 1.56. The summed E-state index contributed by atoms with van der Waals surface area (Å²) in [6.45, 7) is 3.99. The van der Waals surface area contributed by atoms with Crippen LogP contribution in [0.2, 0.25) is 0 Å². The molecule has 0 aliphatic carbocycles. The number of carbonyl (C=O) groups excluding carboxylic acids is 2. The van der Waals surface area contributed by atoms with Crippen LogP contribution in [0.5, 0.6) is 0 Å². The molecular formula is C21H24N4O2S. The Kier molecular flexibility index (Phi) is 6.60. The Morgan fingerprint density at radius 1 is 1.14 bits per heavy atom. The lowest BCUT2D eigenvalue weighted by Crippen LogP contribution is -2.17. The first-order valence-electron chi connectivity index (χ1n) is 9.30. The molecule has 2 amide bonds. The molecule has 0 aliphatic rings. The topological polar surface area (TPSA) is 76.0 Å². The minimum Gasteiger partial charge on any atom is -0.326 e. The van der Waals surface area contributed by atoms with Gasteiger partial charge in [-0.1, -0.05) is 12.1 Å². The van der Waals surface area contributed by atoms with Gasteiger partial charge in [0.2, 0.25) is 5.91 Å². The van der Waals surface area contributed by atoms with Gasteiger partial charge >= 0.3 is 0 Å². The van der Waals surface area contributed by atoms with Crippen LogP contribution < -0.4 is 10.6 Å². The Bertz CT molecular complexity index is 932. The van der Waals surface area contributed by atoms with Crippen LogP contribution >= 0.6 is 11.3 Å². The summed E-state index contributed by atoms with van der Waals surface area (Å²) < 4.78 is 1.75. The third-order valence-electron chi connectivity index (χ3n) is 4.22.